The molecular formula is C24H27N3O2. The van der Waals surface area contributed by atoms with E-state index < -0.39 is 0 Å². The zero-order valence-corrected chi connectivity index (χ0v) is 17.0. The molecule has 1 fully saturated rings. The van der Waals surface area contributed by atoms with E-state index >= 15 is 0 Å². The predicted molar refractivity (Wildman–Crippen MR) is 118 cm³/mol. The number of pyridine rings is 1. The van der Waals surface area contributed by atoms with Gasteiger partial charge in [-0.25, -0.2) is 4.98 Å². The highest BCUT2D eigenvalue weighted by Gasteiger charge is 2.19. The minimum absolute atomic E-state index is 0.0306. The number of benzene rings is 2. The topological polar surface area (TPSA) is 45.7 Å². The third kappa shape index (κ3) is 4.34. The van der Waals surface area contributed by atoms with Crippen LogP contribution in [0.3, 0.4) is 0 Å². The molecule has 3 aromatic rings. The third-order valence-corrected chi connectivity index (χ3v) is 5.52. The first-order valence-electron chi connectivity index (χ1n) is 10.2. The van der Waals surface area contributed by atoms with E-state index in [0.717, 1.165) is 35.5 Å². The standard InChI is InChI=1S/C24H27N3O2/c1-18-8-7-15-27(16-18)22-14-13-19-9-6-12-21(24(19)25-22)29-17-23(28)26(2)20-10-4-3-5-11-20/h3-6,9-14,18H,7-8,15-17H2,1-2H3. The summed E-state index contributed by atoms with van der Waals surface area (Å²) in [5.74, 6) is 2.20. The van der Waals surface area contributed by atoms with Crippen LogP contribution >= 0.6 is 0 Å². The number of nitrogens with zero attached hydrogens (tertiary/aromatic N) is 3. The second kappa shape index (κ2) is 8.52. The van der Waals surface area contributed by atoms with E-state index in [1.807, 2.05) is 48.5 Å². The Labute approximate surface area is 171 Å². The number of amides is 1. The normalized spacial score (nSPS) is 16.6. The van der Waals surface area contributed by atoms with Crippen LogP contribution in [0, 0.1) is 5.92 Å². The Bertz CT molecular complexity index is 990. The van der Waals surface area contributed by atoms with Crippen molar-refractivity contribution in [1.29, 1.82) is 0 Å². The number of carbonyl (C=O) groups is 1. The van der Waals surface area contributed by atoms with Gasteiger partial charge in [-0.05, 0) is 49.1 Å². The lowest BCUT2D eigenvalue weighted by Crippen LogP contribution is -2.34. The second-order valence-electron chi connectivity index (χ2n) is 7.77. The Kier molecular flexibility index (Phi) is 5.65. The summed E-state index contributed by atoms with van der Waals surface area (Å²) in [4.78, 5) is 21.4. The number of aromatic nitrogens is 1. The highest BCUT2D eigenvalue weighted by Crippen LogP contribution is 2.28. The average Bonchev–Trinajstić information content (AvgIpc) is 2.77. The maximum absolute atomic E-state index is 12.6. The molecular weight excluding hydrogens is 362 g/mol. The molecule has 0 N–H and O–H groups in total. The van der Waals surface area contributed by atoms with E-state index in [2.05, 4.69) is 24.0 Å². The number of rotatable bonds is 5. The smallest absolute Gasteiger partial charge is 0.264 e. The molecule has 0 spiro atoms. The van der Waals surface area contributed by atoms with Gasteiger partial charge in [0.05, 0.1) is 0 Å². The van der Waals surface area contributed by atoms with Gasteiger partial charge in [-0.15, -0.1) is 0 Å². The maximum Gasteiger partial charge on any atom is 0.264 e. The number of anilines is 2. The van der Waals surface area contributed by atoms with Gasteiger partial charge in [-0.3, -0.25) is 4.79 Å². The Morgan fingerprint density at radius 1 is 1.14 bits per heavy atom. The van der Waals surface area contributed by atoms with Gasteiger partial charge in [0, 0.05) is 31.2 Å². The van der Waals surface area contributed by atoms with Crippen LogP contribution in [0.4, 0.5) is 11.5 Å². The fourth-order valence-corrected chi connectivity index (χ4v) is 3.83. The molecule has 0 aliphatic carbocycles. The van der Waals surface area contributed by atoms with Crippen molar-refractivity contribution in [2.45, 2.75) is 19.8 Å². The van der Waals surface area contributed by atoms with Crippen LogP contribution in [0.25, 0.3) is 10.9 Å². The summed E-state index contributed by atoms with van der Waals surface area (Å²) in [7, 11) is 1.76. The lowest BCUT2D eigenvalue weighted by molar-refractivity contribution is -0.120. The van der Waals surface area contributed by atoms with Gasteiger partial charge in [-0.2, -0.15) is 0 Å². The third-order valence-electron chi connectivity index (χ3n) is 5.52. The Balaban J connectivity index is 1.52. The minimum Gasteiger partial charge on any atom is -0.481 e. The summed E-state index contributed by atoms with van der Waals surface area (Å²) in [5, 5.41) is 1.01. The second-order valence-corrected chi connectivity index (χ2v) is 7.77. The molecule has 1 aliphatic rings. The van der Waals surface area contributed by atoms with Crippen LogP contribution in [0.1, 0.15) is 19.8 Å². The Hall–Kier alpha value is -3.08. The summed E-state index contributed by atoms with van der Waals surface area (Å²) in [6.07, 6.45) is 2.47. The molecule has 5 nitrogen and oxygen atoms in total. The first-order chi connectivity index (χ1) is 14.1. The van der Waals surface area contributed by atoms with Crippen molar-refractivity contribution in [2.24, 2.45) is 5.92 Å². The molecule has 1 aromatic heterocycles. The van der Waals surface area contributed by atoms with Gasteiger partial charge < -0.3 is 14.5 Å². The van der Waals surface area contributed by atoms with Crippen molar-refractivity contribution in [3.05, 3.63) is 60.7 Å². The monoisotopic (exact) mass is 389 g/mol. The zero-order valence-electron chi connectivity index (χ0n) is 17.0. The zero-order chi connectivity index (χ0) is 20.2. The van der Waals surface area contributed by atoms with Crippen LogP contribution in [0.5, 0.6) is 5.75 Å². The summed E-state index contributed by atoms with van der Waals surface area (Å²) in [5.41, 5.74) is 1.65. The van der Waals surface area contributed by atoms with Crippen molar-refractivity contribution >= 4 is 28.3 Å². The Morgan fingerprint density at radius 3 is 2.76 bits per heavy atom. The number of carbonyl (C=O) groups excluding carboxylic acids is 1. The molecule has 0 bridgehead atoms. The number of para-hydroxylation sites is 2. The summed E-state index contributed by atoms with van der Waals surface area (Å²) < 4.78 is 5.91. The van der Waals surface area contributed by atoms with E-state index in [4.69, 9.17) is 9.72 Å². The molecule has 1 saturated heterocycles. The van der Waals surface area contributed by atoms with Crippen LogP contribution in [0.15, 0.2) is 60.7 Å². The van der Waals surface area contributed by atoms with Crippen molar-refractivity contribution in [3.8, 4) is 5.75 Å². The van der Waals surface area contributed by atoms with E-state index in [-0.39, 0.29) is 12.5 Å². The van der Waals surface area contributed by atoms with Crippen molar-refractivity contribution in [1.82, 2.24) is 4.98 Å². The average molecular weight is 389 g/mol. The predicted octanol–water partition coefficient (Wildman–Crippen LogP) is 4.51. The number of hydrogen-bond acceptors (Lipinski definition) is 4. The number of hydrogen-bond donors (Lipinski definition) is 0. The number of fused-ring (bicyclic) bond motifs is 1. The van der Waals surface area contributed by atoms with Crippen molar-refractivity contribution < 1.29 is 9.53 Å². The molecule has 1 aliphatic heterocycles. The molecule has 5 heteroatoms. The van der Waals surface area contributed by atoms with Gasteiger partial charge >= 0.3 is 0 Å². The van der Waals surface area contributed by atoms with E-state index in [9.17, 15) is 4.79 Å². The fourth-order valence-electron chi connectivity index (χ4n) is 3.83. The minimum atomic E-state index is -0.103. The van der Waals surface area contributed by atoms with E-state index in [1.165, 1.54) is 12.8 Å². The summed E-state index contributed by atoms with van der Waals surface area (Å²) >= 11 is 0. The molecule has 0 saturated carbocycles. The van der Waals surface area contributed by atoms with Crippen molar-refractivity contribution in [3.63, 3.8) is 0 Å². The number of ether oxygens (including phenoxy) is 1. The summed E-state index contributed by atoms with van der Waals surface area (Å²) in [6, 6.07) is 19.6. The van der Waals surface area contributed by atoms with Gasteiger partial charge in [0.15, 0.2) is 6.61 Å². The lowest BCUT2D eigenvalue weighted by atomic mass is 10.0. The van der Waals surface area contributed by atoms with Gasteiger partial charge in [0.1, 0.15) is 17.1 Å². The molecule has 0 radical (unpaired) electrons. The first kappa shape index (κ1) is 19.2. The molecule has 1 amide bonds. The molecule has 29 heavy (non-hydrogen) atoms. The van der Waals surface area contributed by atoms with Crippen LogP contribution in [0.2, 0.25) is 0 Å². The van der Waals surface area contributed by atoms with Gasteiger partial charge in [0.2, 0.25) is 0 Å². The van der Waals surface area contributed by atoms with E-state index in [0.29, 0.717) is 11.7 Å². The van der Waals surface area contributed by atoms with Crippen LogP contribution in [-0.4, -0.2) is 37.6 Å². The largest absolute Gasteiger partial charge is 0.481 e. The lowest BCUT2D eigenvalue weighted by Gasteiger charge is -2.32. The molecule has 2 aromatic carbocycles. The quantitative estimate of drug-likeness (QED) is 0.644. The van der Waals surface area contributed by atoms with Crippen molar-refractivity contribution in [2.75, 3.05) is 36.5 Å². The molecule has 150 valence electrons. The first-order valence-corrected chi connectivity index (χ1v) is 10.2. The fraction of sp³-hybridized carbons (Fsp3) is 0.333. The van der Waals surface area contributed by atoms with Gasteiger partial charge in [-0.1, -0.05) is 37.3 Å². The molecule has 4 rings (SSSR count). The molecule has 2 heterocycles. The highest BCUT2D eigenvalue weighted by molar-refractivity contribution is 5.94. The molecule has 1 atom stereocenters. The molecule has 1 unspecified atom stereocenters. The number of likely N-dealkylation sites (N-methyl/N-ethyl adjacent to an activating group) is 1. The van der Waals surface area contributed by atoms with Gasteiger partial charge in [0.25, 0.3) is 5.91 Å². The maximum atomic E-state index is 12.6. The van der Waals surface area contributed by atoms with Crippen LogP contribution in [-0.2, 0) is 4.79 Å². The number of piperidine rings is 1. The highest BCUT2D eigenvalue weighted by atomic mass is 16.5. The summed E-state index contributed by atoms with van der Waals surface area (Å²) in [6.45, 7) is 4.32. The SMILES string of the molecule is CC1CCCN(c2ccc3cccc(OCC(=O)N(C)c4ccccc4)c3n2)C1. The van der Waals surface area contributed by atoms with Crippen LogP contribution < -0.4 is 14.5 Å². The Morgan fingerprint density at radius 2 is 1.97 bits per heavy atom. The van der Waals surface area contributed by atoms with E-state index in [1.54, 1.807) is 11.9 Å².